The van der Waals surface area contributed by atoms with Crippen LogP contribution < -0.4 is 10.5 Å². The molecule has 1 aromatic carbocycles. The van der Waals surface area contributed by atoms with Gasteiger partial charge < -0.3 is 28.6 Å². The van der Waals surface area contributed by atoms with Gasteiger partial charge in [0.15, 0.2) is 0 Å². The Morgan fingerprint density at radius 3 is 2.53 bits per heavy atom. The molecule has 5 rings (SSSR count). The summed E-state index contributed by atoms with van der Waals surface area (Å²) in [6.45, 7) is 2.70. The van der Waals surface area contributed by atoms with Gasteiger partial charge in [0.1, 0.15) is 12.4 Å². The number of halogens is 1. The Balaban J connectivity index is 1.53. The summed E-state index contributed by atoms with van der Waals surface area (Å²) in [5, 5.41) is 1.37. The van der Waals surface area contributed by atoms with Crippen molar-refractivity contribution in [3.63, 3.8) is 0 Å². The SMILES string of the molecule is O=c1cc(-c2cn(COP(=O)(O)O)c3ncc(N4CCOCC4)cc23)ccn1Cc1ccc(Cl)cc1. The number of rotatable bonds is 7. The van der Waals surface area contributed by atoms with E-state index in [9.17, 15) is 19.1 Å². The molecule has 0 bridgehead atoms. The fraction of sp³-hybridized carbons (Fsp3) is 0.250. The van der Waals surface area contributed by atoms with Gasteiger partial charge in [0.25, 0.3) is 5.56 Å². The molecule has 36 heavy (non-hydrogen) atoms. The van der Waals surface area contributed by atoms with Crippen LogP contribution in [0.3, 0.4) is 0 Å². The van der Waals surface area contributed by atoms with E-state index in [2.05, 4.69) is 9.88 Å². The first-order chi connectivity index (χ1) is 17.3. The summed E-state index contributed by atoms with van der Waals surface area (Å²) in [5.41, 5.74) is 3.51. The van der Waals surface area contributed by atoms with Gasteiger partial charge in [0, 0.05) is 47.5 Å². The first-order valence-electron chi connectivity index (χ1n) is 11.2. The molecular weight excluding hydrogens is 507 g/mol. The van der Waals surface area contributed by atoms with Crippen molar-refractivity contribution in [2.24, 2.45) is 0 Å². The Bertz CT molecular complexity index is 1490. The summed E-state index contributed by atoms with van der Waals surface area (Å²) in [5.74, 6) is 0. The maximum Gasteiger partial charge on any atom is 0.471 e. The smallest absolute Gasteiger partial charge is 0.378 e. The topological polar surface area (TPSA) is 119 Å². The van der Waals surface area contributed by atoms with Gasteiger partial charge in [-0.15, -0.1) is 0 Å². The molecule has 10 nitrogen and oxygen atoms in total. The van der Waals surface area contributed by atoms with Gasteiger partial charge in [-0.2, -0.15) is 0 Å². The zero-order valence-corrected chi connectivity index (χ0v) is 20.8. The minimum atomic E-state index is -4.69. The van der Waals surface area contributed by atoms with Gasteiger partial charge in [0.2, 0.25) is 0 Å². The van der Waals surface area contributed by atoms with Gasteiger partial charge >= 0.3 is 7.82 Å². The van der Waals surface area contributed by atoms with Crippen LogP contribution in [-0.4, -0.2) is 50.2 Å². The van der Waals surface area contributed by atoms with Crippen LogP contribution in [0.4, 0.5) is 5.69 Å². The number of fused-ring (bicyclic) bond motifs is 1. The first kappa shape index (κ1) is 24.7. The third-order valence-electron chi connectivity index (χ3n) is 6.01. The van der Waals surface area contributed by atoms with Crippen molar-refractivity contribution in [3.05, 3.63) is 82.0 Å². The molecule has 1 fully saturated rings. The number of anilines is 1. The Kier molecular flexibility index (Phi) is 6.98. The lowest BCUT2D eigenvalue weighted by molar-refractivity contribution is 0.122. The molecule has 0 radical (unpaired) electrons. The van der Waals surface area contributed by atoms with E-state index in [1.165, 1.54) is 4.57 Å². The molecule has 4 heterocycles. The summed E-state index contributed by atoms with van der Waals surface area (Å²) >= 11 is 5.96. The average Bonchev–Trinajstić information content (AvgIpc) is 3.23. The Labute approximate surface area is 211 Å². The highest BCUT2D eigenvalue weighted by Gasteiger charge is 2.19. The first-order valence-corrected chi connectivity index (χ1v) is 13.1. The van der Waals surface area contributed by atoms with Crippen molar-refractivity contribution in [2.75, 3.05) is 31.2 Å². The summed E-state index contributed by atoms with van der Waals surface area (Å²) < 4.78 is 24.6. The molecule has 188 valence electrons. The molecule has 1 aliphatic heterocycles. The normalized spacial score (nSPS) is 14.5. The largest absolute Gasteiger partial charge is 0.471 e. The minimum absolute atomic E-state index is 0.188. The van der Waals surface area contributed by atoms with E-state index in [0.29, 0.717) is 41.6 Å². The zero-order valence-electron chi connectivity index (χ0n) is 19.2. The average molecular weight is 531 g/mol. The van der Waals surface area contributed by atoms with Crippen LogP contribution in [0.2, 0.25) is 5.02 Å². The van der Waals surface area contributed by atoms with E-state index in [1.807, 2.05) is 24.3 Å². The Hall–Kier alpha value is -2.98. The summed E-state index contributed by atoms with van der Waals surface area (Å²) in [6.07, 6.45) is 5.13. The van der Waals surface area contributed by atoms with E-state index in [-0.39, 0.29) is 5.56 Å². The van der Waals surface area contributed by atoms with E-state index in [4.69, 9.17) is 20.9 Å². The van der Waals surface area contributed by atoms with Crippen LogP contribution in [-0.2, 0) is 27.1 Å². The lowest BCUT2D eigenvalue weighted by Gasteiger charge is -2.28. The molecule has 0 spiro atoms. The molecular formula is C24H24ClN4O6P. The number of ether oxygens (including phenoxy) is 1. The number of hydrogen-bond donors (Lipinski definition) is 2. The van der Waals surface area contributed by atoms with Crippen molar-refractivity contribution < 1.29 is 23.6 Å². The number of aromatic nitrogens is 3. The summed E-state index contributed by atoms with van der Waals surface area (Å²) in [4.78, 5) is 38.0. The molecule has 0 aliphatic carbocycles. The molecule has 0 amide bonds. The second kappa shape index (κ2) is 10.2. The predicted octanol–water partition coefficient (Wildman–Crippen LogP) is 3.47. The monoisotopic (exact) mass is 530 g/mol. The molecule has 3 aromatic heterocycles. The third kappa shape index (κ3) is 5.54. The summed E-state index contributed by atoms with van der Waals surface area (Å²) in [7, 11) is -4.69. The number of phosphoric acid groups is 1. The molecule has 1 aliphatic rings. The number of phosphoric ester groups is 1. The van der Waals surface area contributed by atoms with E-state index < -0.39 is 14.6 Å². The van der Waals surface area contributed by atoms with Gasteiger partial charge in [-0.1, -0.05) is 23.7 Å². The van der Waals surface area contributed by atoms with Crippen LogP contribution in [0, 0.1) is 0 Å². The van der Waals surface area contributed by atoms with Gasteiger partial charge in [0.05, 0.1) is 31.6 Å². The standard InChI is InChI=1S/C24H24ClN4O6P/c25-19-3-1-17(2-4-19)14-28-6-5-18(11-23(28)30)22-15-29(16-35-36(31,32)33)24-21(22)12-20(13-26-24)27-7-9-34-10-8-27/h1-6,11-13,15H,7-10,14,16H2,(H2,31,32,33). The second-order valence-corrected chi connectivity index (χ2v) is 10.1. The molecule has 0 unspecified atom stereocenters. The third-order valence-corrected chi connectivity index (χ3v) is 6.72. The van der Waals surface area contributed by atoms with Gasteiger partial charge in [-0.25, -0.2) is 9.55 Å². The number of benzene rings is 1. The molecule has 1 saturated heterocycles. The highest BCUT2D eigenvalue weighted by Crippen LogP contribution is 2.38. The van der Waals surface area contributed by atoms with Crippen molar-refractivity contribution >= 4 is 36.1 Å². The van der Waals surface area contributed by atoms with Crippen molar-refractivity contribution in [3.8, 4) is 11.1 Å². The Morgan fingerprint density at radius 1 is 1.08 bits per heavy atom. The van der Waals surface area contributed by atoms with Crippen LogP contribution in [0.1, 0.15) is 5.56 Å². The minimum Gasteiger partial charge on any atom is -0.378 e. The fourth-order valence-electron chi connectivity index (χ4n) is 4.21. The van der Waals surface area contributed by atoms with E-state index in [1.54, 1.807) is 41.4 Å². The summed E-state index contributed by atoms with van der Waals surface area (Å²) in [6, 6.07) is 12.7. The van der Waals surface area contributed by atoms with Crippen LogP contribution >= 0.6 is 19.4 Å². The maximum atomic E-state index is 13.0. The Morgan fingerprint density at radius 2 is 1.83 bits per heavy atom. The van der Waals surface area contributed by atoms with Crippen molar-refractivity contribution in [2.45, 2.75) is 13.3 Å². The molecule has 4 aromatic rings. The quantitative estimate of drug-likeness (QED) is 0.349. The lowest BCUT2D eigenvalue weighted by Crippen LogP contribution is -2.36. The molecule has 0 saturated carbocycles. The predicted molar refractivity (Wildman–Crippen MR) is 136 cm³/mol. The highest BCUT2D eigenvalue weighted by atomic mass is 35.5. The maximum absolute atomic E-state index is 13.0. The van der Waals surface area contributed by atoms with E-state index in [0.717, 1.165) is 29.7 Å². The van der Waals surface area contributed by atoms with Crippen molar-refractivity contribution in [1.82, 2.24) is 14.1 Å². The second-order valence-electron chi connectivity index (χ2n) is 8.43. The van der Waals surface area contributed by atoms with Crippen molar-refractivity contribution in [1.29, 1.82) is 0 Å². The van der Waals surface area contributed by atoms with E-state index >= 15 is 0 Å². The van der Waals surface area contributed by atoms with Crippen LogP contribution in [0.15, 0.2) is 65.8 Å². The number of morpholine rings is 1. The highest BCUT2D eigenvalue weighted by molar-refractivity contribution is 7.46. The molecule has 12 heteroatoms. The zero-order chi connectivity index (χ0) is 25.3. The number of hydrogen-bond acceptors (Lipinski definition) is 6. The molecule has 2 N–H and O–H groups in total. The fourth-order valence-corrected chi connectivity index (χ4v) is 4.61. The number of nitrogens with zero attached hydrogens (tertiary/aromatic N) is 4. The number of pyridine rings is 2. The molecule has 0 atom stereocenters. The van der Waals surface area contributed by atoms with Gasteiger partial charge in [-0.05, 0) is 35.4 Å². The van der Waals surface area contributed by atoms with Crippen LogP contribution in [0.5, 0.6) is 0 Å². The lowest BCUT2D eigenvalue weighted by atomic mass is 10.1. The van der Waals surface area contributed by atoms with Crippen LogP contribution in [0.25, 0.3) is 22.2 Å². The van der Waals surface area contributed by atoms with Gasteiger partial charge in [-0.3, -0.25) is 9.32 Å².